The van der Waals surface area contributed by atoms with Gasteiger partial charge in [-0.3, -0.25) is 9.59 Å². The van der Waals surface area contributed by atoms with E-state index in [2.05, 4.69) is 5.10 Å². The fourth-order valence-electron chi connectivity index (χ4n) is 3.77. The van der Waals surface area contributed by atoms with Crippen molar-refractivity contribution in [3.05, 3.63) is 35.9 Å². The lowest BCUT2D eigenvalue weighted by atomic mass is 10.1. The molecule has 1 aromatic carbocycles. The third-order valence-electron chi connectivity index (χ3n) is 5.25. The molecule has 3 aliphatic rings. The van der Waals surface area contributed by atoms with Crippen LogP contribution in [0.15, 0.2) is 35.4 Å². The second-order valence-corrected chi connectivity index (χ2v) is 8.55. The molecule has 0 N–H and O–H groups in total. The van der Waals surface area contributed by atoms with Gasteiger partial charge < -0.3 is 9.64 Å². The highest BCUT2D eigenvalue weighted by Crippen LogP contribution is 2.47. The van der Waals surface area contributed by atoms with Gasteiger partial charge in [0.05, 0.1) is 17.1 Å². The standard InChI is InChI=1S/C19H21N3O4S/c1-19-9-7-16(23)22(19)15(12-27-19)18(25)26-11-17(24)21-10-8-14(20-21)13-5-3-2-4-6-13/h2-6,15H,7-12H2,1H3/t15-,19+/m0/s1. The van der Waals surface area contributed by atoms with Gasteiger partial charge in [0.25, 0.3) is 5.91 Å². The summed E-state index contributed by atoms with van der Waals surface area (Å²) >= 11 is 1.60. The van der Waals surface area contributed by atoms with E-state index in [-0.39, 0.29) is 23.3 Å². The van der Waals surface area contributed by atoms with Gasteiger partial charge in [0.1, 0.15) is 6.04 Å². The van der Waals surface area contributed by atoms with Gasteiger partial charge in [-0.15, -0.1) is 11.8 Å². The Bertz CT molecular complexity index is 812. The Morgan fingerprint density at radius 1 is 1.30 bits per heavy atom. The second-order valence-electron chi connectivity index (χ2n) is 7.05. The van der Waals surface area contributed by atoms with Crippen LogP contribution in [0.5, 0.6) is 0 Å². The van der Waals surface area contributed by atoms with E-state index >= 15 is 0 Å². The molecule has 3 aliphatic heterocycles. The molecular formula is C19H21N3O4S. The van der Waals surface area contributed by atoms with Gasteiger partial charge in [0.2, 0.25) is 5.91 Å². The fraction of sp³-hybridized carbons (Fsp3) is 0.474. The first-order valence-electron chi connectivity index (χ1n) is 9.04. The third kappa shape index (κ3) is 3.34. The molecule has 2 saturated heterocycles. The van der Waals surface area contributed by atoms with Crippen LogP contribution in [-0.2, 0) is 19.1 Å². The van der Waals surface area contributed by atoms with Crippen LogP contribution >= 0.6 is 11.8 Å². The summed E-state index contributed by atoms with van der Waals surface area (Å²) in [7, 11) is 0. The summed E-state index contributed by atoms with van der Waals surface area (Å²) in [6.45, 7) is 2.10. The molecule has 8 heteroatoms. The Hall–Kier alpha value is -2.35. The molecule has 1 aromatic rings. The van der Waals surface area contributed by atoms with Crippen LogP contribution in [0.2, 0.25) is 0 Å². The zero-order valence-corrected chi connectivity index (χ0v) is 15.9. The number of thioether (sulfide) groups is 1. The molecular weight excluding hydrogens is 366 g/mol. The molecule has 0 spiro atoms. The molecule has 3 heterocycles. The van der Waals surface area contributed by atoms with Crippen molar-refractivity contribution >= 4 is 35.3 Å². The van der Waals surface area contributed by atoms with Crippen LogP contribution in [0, 0.1) is 0 Å². The fourth-order valence-corrected chi connectivity index (χ4v) is 5.19. The summed E-state index contributed by atoms with van der Waals surface area (Å²) in [6, 6.07) is 9.08. The normalized spacial score (nSPS) is 26.9. The summed E-state index contributed by atoms with van der Waals surface area (Å²) in [5.74, 6) is -0.376. The Balaban J connectivity index is 1.34. The molecule has 0 unspecified atom stereocenters. The monoisotopic (exact) mass is 387 g/mol. The predicted octanol–water partition coefficient (Wildman–Crippen LogP) is 1.62. The number of nitrogens with zero attached hydrogens (tertiary/aromatic N) is 3. The molecule has 0 aromatic heterocycles. The predicted molar refractivity (Wildman–Crippen MR) is 101 cm³/mol. The van der Waals surface area contributed by atoms with Gasteiger partial charge in [-0.05, 0) is 18.9 Å². The number of esters is 1. The van der Waals surface area contributed by atoms with E-state index in [0.717, 1.165) is 17.7 Å². The molecule has 0 bridgehead atoms. The lowest BCUT2D eigenvalue weighted by molar-refractivity contribution is -0.158. The molecule has 4 rings (SSSR count). The first kappa shape index (κ1) is 18.0. The quantitative estimate of drug-likeness (QED) is 0.734. The maximum atomic E-state index is 12.4. The van der Waals surface area contributed by atoms with Crippen molar-refractivity contribution in [2.24, 2.45) is 5.10 Å². The molecule has 0 radical (unpaired) electrons. The Morgan fingerprint density at radius 3 is 2.85 bits per heavy atom. The molecule has 27 heavy (non-hydrogen) atoms. The minimum atomic E-state index is -0.607. The molecule has 7 nitrogen and oxygen atoms in total. The van der Waals surface area contributed by atoms with Crippen molar-refractivity contribution in [1.82, 2.24) is 9.91 Å². The number of carbonyl (C=O) groups excluding carboxylic acids is 3. The average Bonchev–Trinajstić information content (AvgIpc) is 3.36. The van der Waals surface area contributed by atoms with Gasteiger partial charge in [-0.1, -0.05) is 30.3 Å². The summed E-state index contributed by atoms with van der Waals surface area (Å²) in [5, 5.41) is 5.70. The summed E-state index contributed by atoms with van der Waals surface area (Å²) in [4.78, 5) is 38.2. The average molecular weight is 387 g/mol. The van der Waals surface area contributed by atoms with Crippen molar-refractivity contribution in [2.75, 3.05) is 18.9 Å². The molecule has 0 saturated carbocycles. The number of amides is 2. The van der Waals surface area contributed by atoms with Crippen LogP contribution in [0.1, 0.15) is 31.7 Å². The third-order valence-corrected chi connectivity index (χ3v) is 6.76. The zero-order valence-electron chi connectivity index (χ0n) is 15.1. The van der Waals surface area contributed by atoms with Crippen molar-refractivity contribution in [3.8, 4) is 0 Å². The van der Waals surface area contributed by atoms with Crippen LogP contribution < -0.4 is 0 Å². The number of hydrogen-bond acceptors (Lipinski definition) is 6. The molecule has 142 valence electrons. The van der Waals surface area contributed by atoms with E-state index in [0.29, 0.717) is 25.1 Å². The second kappa shape index (κ2) is 6.99. The Labute approximate surface area is 161 Å². The lowest BCUT2D eigenvalue weighted by Gasteiger charge is -2.29. The number of carbonyl (C=O) groups is 3. The summed E-state index contributed by atoms with van der Waals surface area (Å²) in [5.41, 5.74) is 1.83. The SMILES string of the molecule is C[C@@]12CCC(=O)N1[C@H](C(=O)OCC(=O)N1CCC(c3ccccc3)=N1)CS2. The van der Waals surface area contributed by atoms with Crippen LogP contribution in [0.4, 0.5) is 0 Å². The van der Waals surface area contributed by atoms with Crippen molar-refractivity contribution in [2.45, 2.75) is 37.1 Å². The van der Waals surface area contributed by atoms with E-state index in [1.54, 1.807) is 16.7 Å². The number of ether oxygens (including phenoxy) is 1. The van der Waals surface area contributed by atoms with Gasteiger partial charge in [-0.2, -0.15) is 5.10 Å². The minimum absolute atomic E-state index is 0.0209. The van der Waals surface area contributed by atoms with E-state index < -0.39 is 12.0 Å². The van der Waals surface area contributed by atoms with Crippen LogP contribution in [-0.4, -0.2) is 63.2 Å². The zero-order chi connectivity index (χ0) is 19.0. The van der Waals surface area contributed by atoms with Crippen LogP contribution in [0.25, 0.3) is 0 Å². The van der Waals surface area contributed by atoms with Gasteiger partial charge in [0, 0.05) is 18.6 Å². The topological polar surface area (TPSA) is 79.3 Å². The van der Waals surface area contributed by atoms with E-state index in [4.69, 9.17) is 4.74 Å². The number of hydrogen-bond donors (Lipinski definition) is 0. The Kier molecular flexibility index (Phi) is 4.67. The van der Waals surface area contributed by atoms with E-state index in [1.165, 1.54) is 5.01 Å². The highest BCUT2D eigenvalue weighted by atomic mass is 32.2. The van der Waals surface area contributed by atoms with E-state index in [9.17, 15) is 14.4 Å². The van der Waals surface area contributed by atoms with Crippen molar-refractivity contribution in [3.63, 3.8) is 0 Å². The molecule has 2 fully saturated rings. The highest BCUT2D eigenvalue weighted by molar-refractivity contribution is 8.01. The smallest absolute Gasteiger partial charge is 0.330 e. The van der Waals surface area contributed by atoms with Gasteiger partial charge in [-0.25, -0.2) is 9.80 Å². The number of rotatable bonds is 4. The maximum absolute atomic E-state index is 12.4. The summed E-state index contributed by atoms with van der Waals surface area (Å²) < 4.78 is 5.24. The molecule has 2 atom stereocenters. The largest absolute Gasteiger partial charge is 0.454 e. The molecule has 0 aliphatic carbocycles. The molecule has 2 amide bonds. The highest BCUT2D eigenvalue weighted by Gasteiger charge is 2.53. The van der Waals surface area contributed by atoms with Crippen molar-refractivity contribution in [1.29, 1.82) is 0 Å². The van der Waals surface area contributed by atoms with Gasteiger partial charge >= 0.3 is 5.97 Å². The number of hydrazone groups is 1. The van der Waals surface area contributed by atoms with Crippen LogP contribution in [0.3, 0.4) is 0 Å². The first-order chi connectivity index (χ1) is 13.0. The maximum Gasteiger partial charge on any atom is 0.330 e. The number of benzene rings is 1. The minimum Gasteiger partial charge on any atom is -0.454 e. The lowest BCUT2D eigenvalue weighted by Crippen LogP contribution is -2.47. The number of fused-ring (bicyclic) bond motifs is 1. The van der Waals surface area contributed by atoms with Crippen molar-refractivity contribution < 1.29 is 19.1 Å². The first-order valence-corrected chi connectivity index (χ1v) is 10.0. The summed E-state index contributed by atoms with van der Waals surface area (Å²) in [6.07, 6.45) is 1.87. The van der Waals surface area contributed by atoms with E-state index in [1.807, 2.05) is 37.3 Å². The Morgan fingerprint density at radius 2 is 2.07 bits per heavy atom. The van der Waals surface area contributed by atoms with Gasteiger partial charge in [0.15, 0.2) is 6.61 Å².